The Morgan fingerprint density at radius 3 is 2.75 bits per heavy atom. The summed E-state index contributed by atoms with van der Waals surface area (Å²) in [6, 6.07) is 1.43. The zero-order chi connectivity index (χ0) is 14.8. The molecule has 114 valence electrons. The Balaban J connectivity index is 2.09. The van der Waals surface area contributed by atoms with E-state index >= 15 is 0 Å². The second kappa shape index (κ2) is 6.01. The minimum Gasteiger partial charge on any atom is -0.398 e. The minimum absolute atomic E-state index is 0.0722. The van der Waals surface area contributed by atoms with Crippen LogP contribution in [0.5, 0.6) is 0 Å². The molecular formula is C13H22N2O3S2. The van der Waals surface area contributed by atoms with E-state index in [1.54, 1.807) is 5.38 Å². The fourth-order valence-electron chi connectivity index (χ4n) is 2.62. The molecule has 0 spiro atoms. The van der Waals surface area contributed by atoms with Crippen molar-refractivity contribution in [3.05, 3.63) is 11.4 Å². The second-order valence-corrected chi connectivity index (χ2v) is 8.10. The van der Waals surface area contributed by atoms with Crippen LogP contribution in [0.3, 0.4) is 0 Å². The van der Waals surface area contributed by atoms with Crippen molar-refractivity contribution in [3.8, 4) is 0 Å². The van der Waals surface area contributed by atoms with Crippen LogP contribution in [0.2, 0.25) is 0 Å². The van der Waals surface area contributed by atoms with Gasteiger partial charge in [0, 0.05) is 23.7 Å². The van der Waals surface area contributed by atoms with Crippen LogP contribution in [0.15, 0.2) is 15.7 Å². The smallest absolute Gasteiger partial charge is 0.250 e. The van der Waals surface area contributed by atoms with Gasteiger partial charge in [0.25, 0.3) is 0 Å². The number of hydrogen-bond acceptors (Lipinski definition) is 5. The van der Waals surface area contributed by atoms with Gasteiger partial charge < -0.3 is 10.5 Å². The van der Waals surface area contributed by atoms with Crippen molar-refractivity contribution in [1.82, 2.24) is 4.72 Å². The second-order valence-electron chi connectivity index (χ2n) is 5.25. The number of rotatable bonds is 5. The number of sulfonamides is 1. The molecule has 0 bridgehead atoms. The van der Waals surface area contributed by atoms with Crippen molar-refractivity contribution in [3.63, 3.8) is 0 Å². The molecule has 1 aliphatic rings. The lowest BCUT2D eigenvalue weighted by molar-refractivity contribution is -0.0905. The lowest BCUT2D eigenvalue weighted by Crippen LogP contribution is -2.47. The summed E-state index contributed by atoms with van der Waals surface area (Å²) in [5.41, 5.74) is 5.88. The average molecular weight is 318 g/mol. The first kappa shape index (κ1) is 15.8. The minimum atomic E-state index is -3.47. The van der Waals surface area contributed by atoms with E-state index in [0.29, 0.717) is 18.7 Å². The summed E-state index contributed by atoms with van der Waals surface area (Å²) in [6.45, 7) is 4.77. The maximum atomic E-state index is 12.3. The Bertz CT molecular complexity index is 550. The van der Waals surface area contributed by atoms with Crippen LogP contribution >= 0.6 is 11.3 Å². The number of nitrogens with two attached hydrogens (primary N) is 1. The van der Waals surface area contributed by atoms with E-state index in [2.05, 4.69) is 18.6 Å². The van der Waals surface area contributed by atoms with Gasteiger partial charge in [-0.3, -0.25) is 0 Å². The molecule has 20 heavy (non-hydrogen) atoms. The Kier molecular flexibility index (Phi) is 4.73. The Hall–Kier alpha value is -0.630. The number of anilines is 1. The predicted molar refractivity (Wildman–Crippen MR) is 81.3 cm³/mol. The molecular weight excluding hydrogens is 296 g/mol. The molecule has 0 aliphatic carbocycles. The summed E-state index contributed by atoms with van der Waals surface area (Å²) in [4.78, 5) is 0. The molecule has 1 unspecified atom stereocenters. The van der Waals surface area contributed by atoms with Gasteiger partial charge in [0.15, 0.2) is 0 Å². The molecule has 3 N–H and O–H groups in total. The van der Waals surface area contributed by atoms with Gasteiger partial charge in [0.2, 0.25) is 10.0 Å². The summed E-state index contributed by atoms with van der Waals surface area (Å²) in [5.74, 6) is 0. The summed E-state index contributed by atoms with van der Waals surface area (Å²) >= 11 is 1.15. The Labute approximate surface area is 124 Å². The third kappa shape index (κ3) is 3.33. The van der Waals surface area contributed by atoms with E-state index in [9.17, 15) is 8.42 Å². The highest BCUT2D eigenvalue weighted by Crippen LogP contribution is 2.32. The molecule has 2 rings (SSSR count). The lowest BCUT2D eigenvalue weighted by Gasteiger charge is -2.40. The number of nitrogen functional groups attached to an aromatic ring is 1. The number of nitrogens with one attached hydrogen (secondary N) is 1. The van der Waals surface area contributed by atoms with Gasteiger partial charge in [-0.05, 0) is 31.7 Å². The molecule has 1 aliphatic heterocycles. The van der Waals surface area contributed by atoms with Gasteiger partial charge in [-0.15, -0.1) is 11.3 Å². The maximum Gasteiger partial charge on any atom is 0.250 e. The summed E-state index contributed by atoms with van der Waals surface area (Å²) in [5, 5.41) is 1.64. The molecule has 1 fully saturated rings. The van der Waals surface area contributed by atoms with E-state index < -0.39 is 10.0 Å². The topological polar surface area (TPSA) is 81.4 Å². The highest BCUT2D eigenvalue weighted by Gasteiger charge is 2.36. The van der Waals surface area contributed by atoms with Crippen LogP contribution in [0.25, 0.3) is 0 Å². The summed E-state index contributed by atoms with van der Waals surface area (Å²) in [7, 11) is -3.47. The zero-order valence-corrected chi connectivity index (χ0v) is 13.5. The van der Waals surface area contributed by atoms with E-state index in [1.807, 2.05) is 0 Å². The van der Waals surface area contributed by atoms with Gasteiger partial charge in [-0.25, -0.2) is 13.1 Å². The van der Waals surface area contributed by atoms with E-state index in [1.165, 1.54) is 6.07 Å². The fourth-order valence-corrected chi connectivity index (χ4v) is 4.99. The van der Waals surface area contributed by atoms with E-state index in [0.717, 1.165) is 30.6 Å². The highest BCUT2D eigenvalue weighted by molar-refractivity contribution is 7.91. The quantitative estimate of drug-likeness (QED) is 0.873. The fraction of sp³-hybridized carbons (Fsp3) is 0.692. The van der Waals surface area contributed by atoms with Crippen LogP contribution < -0.4 is 10.5 Å². The molecule has 1 aromatic rings. The Morgan fingerprint density at radius 1 is 1.50 bits per heavy atom. The molecule has 0 amide bonds. The van der Waals surface area contributed by atoms with Crippen LogP contribution in [0.1, 0.15) is 39.5 Å². The van der Waals surface area contributed by atoms with Crippen LogP contribution in [-0.2, 0) is 14.8 Å². The van der Waals surface area contributed by atoms with Crippen molar-refractivity contribution >= 4 is 27.0 Å². The number of thiophene rings is 1. The number of ether oxygens (including phenoxy) is 1. The molecule has 0 saturated carbocycles. The molecule has 1 aromatic heterocycles. The molecule has 0 aromatic carbocycles. The normalized spacial score (nSPS) is 22.8. The SMILES string of the molecule is CCC1(CC)CC(NS(=O)(=O)c2cc(N)cs2)CCO1. The number of hydrogen-bond donors (Lipinski definition) is 2. The average Bonchev–Trinajstić information content (AvgIpc) is 2.86. The van der Waals surface area contributed by atoms with Crippen molar-refractivity contribution in [2.24, 2.45) is 0 Å². The highest BCUT2D eigenvalue weighted by atomic mass is 32.2. The summed E-state index contributed by atoms with van der Waals surface area (Å²) < 4.78 is 33.5. The van der Waals surface area contributed by atoms with Gasteiger partial charge in [0.05, 0.1) is 5.60 Å². The van der Waals surface area contributed by atoms with Crippen molar-refractivity contribution in [2.45, 2.75) is 55.4 Å². The Morgan fingerprint density at radius 2 is 2.20 bits per heavy atom. The molecule has 7 heteroatoms. The predicted octanol–water partition coefficient (Wildman–Crippen LogP) is 2.35. The first-order valence-electron chi connectivity index (χ1n) is 6.91. The zero-order valence-electron chi connectivity index (χ0n) is 11.9. The first-order valence-corrected chi connectivity index (χ1v) is 9.27. The van der Waals surface area contributed by atoms with E-state index in [-0.39, 0.29) is 15.9 Å². The van der Waals surface area contributed by atoms with Gasteiger partial charge in [0.1, 0.15) is 4.21 Å². The lowest BCUT2D eigenvalue weighted by atomic mass is 9.86. The van der Waals surface area contributed by atoms with Crippen LogP contribution in [-0.4, -0.2) is 26.7 Å². The molecule has 0 radical (unpaired) electrons. The first-order chi connectivity index (χ1) is 9.41. The summed E-state index contributed by atoms with van der Waals surface area (Å²) in [6.07, 6.45) is 3.23. The van der Waals surface area contributed by atoms with Crippen molar-refractivity contribution in [1.29, 1.82) is 0 Å². The van der Waals surface area contributed by atoms with Gasteiger partial charge in [-0.1, -0.05) is 13.8 Å². The molecule has 1 saturated heterocycles. The third-order valence-corrected chi connectivity index (χ3v) is 6.94. The van der Waals surface area contributed by atoms with Gasteiger partial charge >= 0.3 is 0 Å². The maximum absolute atomic E-state index is 12.3. The van der Waals surface area contributed by atoms with Crippen LogP contribution in [0, 0.1) is 0 Å². The standard InChI is InChI=1S/C13H22N2O3S2/c1-3-13(4-2)8-11(5-6-18-13)15-20(16,17)12-7-10(14)9-19-12/h7,9,11,15H,3-6,8,14H2,1-2H3. The monoisotopic (exact) mass is 318 g/mol. The largest absolute Gasteiger partial charge is 0.398 e. The van der Waals surface area contributed by atoms with Crippen LogP contribution in [0.4, 0.5) is 5.69 Å². The molecule has 1 atom stereocenters. The van der Waals surface area contributed by atoms with E-state index in [4.69, 9.17) is 10.5 Å². The molecule has 2 heterocycles. The molecule has 5 nitrogen and oxygen atoms in total. The third-order valence-electron chi connectivity index (χ3n) is 3.96. The van der Waals surface area contributed by atoms with Crippen molar-refractivity contribution in [2.75, 3.05) is 12.3 Å². The van der Waals surface area contributed by atoms with Crippen molar-refractivity contribution < 1.29 is 13.2 Å². The van der Waals surface area contributed by atoms with Gasteiger partial charge in [-0.2, -0.15) is 0 Å².